The van der Waals surface area contributed by atoms with Gasteiger partial charge in [0, 0.05) is 0 Å². The van der Waals surface area contributed by atoms with E-state index in [1.807, 2.05) is 50.2 Å². The zero-order chi connectivity index (χ0) is 25.9. The van der Waals surface area contributed by atoms with E-state index in [4.69, 9.17) is 18.9 Å². The standard InChI is InChI=1S/C31H38O6/c1-30(2)36-27-19-18-24(21-35-29(33)23-13-7-4-8-14-23)26-17-9-15-25(31(26,27)37-30)16-10-20-34-28(32)22-11-5-3-6-12-22/h3-8,11-14,24-27H,9-10,15-21H2,1-2H3/t24-,25-,26+,27+,31-/m0/s1. The van der Waals surface area contributed by atoms with Crippen molar-refractivity contribution in [1.82, 2.24) is 0 Å². The van der Waals surface area contributed by atoms with Crippen LogP contribution in [0.15, 0.2) is 60.7 Å². The van der Waals surface area contributed by atoms with E-state index < -0.39 is 11.4 Å². The lowest BCUT2D eigenvalue weighted by Crippen LogP contribution is -2.60. The molecule has 6 nitrogen and oxygen atoms in total. The molecule has 5 atom stereocenters. The molecule has 2 saturated carbocycles. The Morgan fingerprint density at radius 1 is 0.865 bits per heavy atom. The Morgan fingerprint density at radius 2 is 1.51 bits per heavy atom. The van der Waals surface area contributed by atoms with Crippen molar-refractivity contribution in [3.63, 3.8) is 0 Å². The molecular formula is C31H38O6. The Labute approximate surface area is 219 Å². The molecule has 0 bridgehead atoms. The van der Waals surface area contributed by atoms with E-state index in [2.05, 4.69) is 0 Å². The summed E-state index contributed by atoms with van der Waals surface area (Å²) in [6.45, 7) is 4.81. The van der Waals surface area contributed by atoms with Gasteiger partial charge in [0.1, 0.15) is 5.60 Å². The SMILES string of the molecule is CC1(C)O[C@@H]2CC[C@@H](COC(=O)c3ccccc3)[C@H]3CCC[C@@H](CCCOC(=O)c4ccccc4)[C@]32O1. The van der Waals surface area contributed by atoms with E-state index >= 15 is 0 Å². The summed E-state index contributed by atoms with van der Waals surface area (Å²) in [7, 11) is 0. The quantitative estimate of drug-likeness (QED) is 0.314. The molecule has 198 valence electrons. The highest BCUT2D eigenvalue weighted by molar-refractivity contribution is 5.89. The van der Waals surface area contributed by atoms with Crippen molar-refractivity contribution in [3.8, 4) is 0 Å². The number of ether oxygens (including phenoxy) is 4. The number of carbonyl (C=O) groups excluding carboxylic acids is 2. The summed E-state index contributed by atoms with van der Waals surface area (Å²) in [6, 6.07) is 18.3. The van der Waals surface area contributed by atoms with Gasteiger partial charge >= 0.3 is 11.9 Å². The summed E-state index contributed by atoms with van der Waals surface area (Å²) >= 11 is 0. The molecule has 3 aliphatic rings. The van der Waals surface area contributed by atoms with Crippen LogP contribution in [0.5, 0.6) is 0 Å². The third kappa shape index (κ3) is 5.46. The highest BCUT2D eigenvalue weighted by atomic mass is 16.8. The van der Waals surface area contributed by atoms with Gasteiger partial charge in [-0.3, -0.25) is 0 Å². The average Bonchev–Trinajstić information content (AvgIpc) is 3.20. The lowest BCUT2D eigenvalue weighted by molar-refractivity contribution is -0.208. The molecule has 5 rings (SSSR count). The van der Waals surface area contributed by atoms with Crippen LogP contribution in [0.25, 0.3) is 0 Å². The van der Waals surface area contributed by atoms with Crippen LogP contribution < -0.4 is 0 Å². The third-order valence-electron chi connectivity index (χ3n) is 8.38. The van der Waals surface area contributed by atoms with Gasteiger partial charge in [0.15, 0.2) is 5.79 Å². The summed E-state index contributed by atoms with van der Waals surface area (Å²) in [4.78, 5) is 25.0. The molecule has 3 fully saturated rings. The van der Waals surface area contributed by atoms with Gasteiger partial charge < -0.3 is 18.9 Å². The normalized spacial score (nSPS) is 30.1. The second-order valence-electron chi connectivity index (χ2n) is 11.1. The van der Waals surface area contributed by atoms with Gasteiger partial charge in [0.2, 0.25) is 0 Å². The Kier molecular flexibility index (Phi) is 7.68. The molecule has 0 aromatic heterocycles. The van der Waals surface area contributed by atoms with Crippen LogP contribution in [-0.4, -0.2) is 42.6 Å². The van der Waals surface area contributed by atoms with Crippen molar-refractivity contribution in [2.24, 2.45) is 17.8 Å². The fourth-order valence-corrected chi connectivity index (χ4v) is 6.97. The first-order chi connectivity index (χ1) is 17.9. The maximum Gasteiger partial charge on any atom is 0.338 e. The fourth-order valence-electron chi connectivity index (χ4n) is 6.97. The zero-order valence-electron chi connectivity index (χ0n) is 21.9. The zero-order valence-corrected chi connectivity index (χ0v) is 21.9. The lowest BCUT2D eigenvalue weighted by atomic mass is 9.56. The van der Waals surface area contributed by atoms with Gasteiger partial charge in [-0.25, -0.2) is 9.59 Å². The molecule has 2 aliphatic carbocycles. The van der Waals surface area contributed by atoms with Crippen LogP contribution in [0, 0.1) is 17.8 Å². The molecule has 2 aromatic rings. The van der Waals surface area contributed by atoms with Crippen LogP contribution in [0.3, 0.4) is 0 Å². The number of hydrogen-bond donors (Lipinski definition) is 0. The minimum atomic E-state index is -0.645. The van der Waals surface area contributed by atoms with E-state index in [-0.39, 0.29) is 29.9 Å². The van der Waals surface area contributed by atoms with Crippen LogP contribution in [-0.2, 0) is 18.9 Å². The topological polar surface area (TPSA) is 71.1 Å². The first-order valence-corrected chi connectivity index (χ1v) is 13.7. The molecule has 1 saturated heterocycles. The molecule has 2 aromatic carbocycles. The first kappa shape index (κ1) is 25.9. The van der Waals surface area contributed by atoms with Crippen LogP contribution in [0.2, 0.25) is 0 Å². The third-order valence-corrected chi connectivity index (χ3v) is 8.38. The molecule has 1 heterocycles. The van der Waals surface area contributed by atoms with Crippen molar-refractivity contribution in [1.29, 1.82) is 0 Å². The van der Waals surface area contributed by atoms with Gasteiger partial charge in [-0.05, 0) is 94.4 Å². The van der Waals surface area contributed by atoms with E-state index in [1.165, 1.54) is 0 Å². The summed E-state index contributed by atoms with van der Waals surface area (Å²) in [6.07, 6.45) is 6.80. The lowest BCUT2D eigenvalue weighted by Gasteiger charge is -2.54. The Morgan fingerprint density at radius 3 is 2.19 bits per heavy atom. The summed E-state index contributed by atoms with van der Waals surface area (Å²) in [5.41, 5.74) is 0.764. The molecule has 6 heteroatoms. The van der Waals surface area contributed by atoms with Crippen molar-refractivity contribution < 1.29 is 28.5 Å². The minimum absolute atomic E-state index is 0.0331. The second-order valence-corrected chi connectivity index (χ2v) is 11.1. The predicted molar refractivity (Wildman–Crippen MR) is 139 cm³/mol. The van der Waals surface area contributed by atoms with Crippen molar-refractivity contribution in [2.75, 3.05) is 13.2 Å². The van der Waals surface area contributed by atoms with Gasteiger partial charge in [-0.2, -0.15) is 0 Å². The summed E-state index contributed by atoms with van der Waals surface area (Å²) in [5.74, 6) is -0.386. The molecule has 0 amide bonds. The van der Waals surface area contributed by atoms with E-state index in [0.717, 1.165) is 44.9 Å². The van der Waals surface area contributed by atoms with Crippen LogP contribution >= 0.6 is 0 Å². The smallest absolute Gasteiger partial charge is 0.338 e. The Bertz CT molecular complexity index is 1070. The van der Waals surface area contributed by atoms with Crippen molar-refractivity contribution in [3.05, 3.63) is 71.8 Å². The largest absolute Gasteiger partial charge is 0.462 e. The predicted octanol–water partition coefficient (Wildman–Crippen LogP) is 6.20. The summed E-state index contributed by atoms with van der Waals surface area (Å²) < 4.78 is 24.7. The average molecular weight is 507 g/mol. The van der Waals surface area contributed by atoms with Gasteiger partial charge in [0.05, 0.1) is 30.4 Å². The number of rotatable bonds is 8. The second kappa shape index (κ2) is 11.0. The van der Waals surface area contributed by atoms with E-state index in [1.54, 1.807) is 24.3 Å². The Hall–Kier alpha value is -2.70. The first-order valence-electron chi connectivity index (χ1n) is 13.7. The monoisotopic (exact) mass is 506 g/mol. The summed E-state index contributed by atoms with van der Waals surface area (Å²) in [5, 5.41) is 0. The number of hydrogen-bond acceptors (Lipinski definition) is 6. The molecule has 0 radical (unpaired) electrons. The van der Waals surface area contributed by atoms with Crippen molar-refractivity contribution >= 4 is 11.9 Å². The van der Waals surface area contributed by atoms with Crippen LogP contribution in [0.4, 0.5) is 0 Å². The van der Waals surface area contributed by atoms with Gasteiger partial charge in [-0.15, -0.1) is 0 Å². The Balaban J connectivity index is 1.25. The minimum Gasteiger partial charge on any atom is -0.462 e. The molecule has 0 unspecified atom stereocenters. The van der Waals surface area contributed by atoms with Gasteiger partial charge in [-0.1, -0.05) is 42.8 Å². The highest BCUT2D eigenvalue weighted by Crippen LogP contribution is 2.59. The van der Waals surface area contributed by atoms with Crippen molar-refractivity contribution in [2.45, 2.75) is 76.3 Å². The highest BCUT2D eigenvalue weighted by Gasteiger charge is 2.64. The maximum absolute atomic E-state index is 12.7. The molecule has 1 aliphatic heterocycles. The fraction of sp³-hybridized carbons (Fsp3) is 0.548. The van der Waals surface area contributed by atoms with Crippen LogP contribution in [0.1, 0.15) is 79.5 Å². The molecule has 0 N–H and O–H groups in total. The van der Waals surface area contributed by atoms with E-state index in [0.29, 0.717) is 30.3 Å². The van der Waals surface area contributed by atoms with Gasteiger partial charge in [0.25, 0.3) is 0 Å². The number of benzene rings is 2. The molecule has 1 spiro atoms. The number of carbonyl (C=O) groups is 2. The maximum atomic E-state index is 12.7. The molecular weight excluding hydrogens is 468 g/mol. The van der Waals surface area contributed by atoms with E-state index in [9.17, 15) is 9.59 Å². The molecule has 37 heavy (non-hydrogen) atoms. The number of esters is 2.